The Morgan fingerprint density at radius 3 is 2.29 bits per heavy atom. The Balaban J connectivity index is 1.22. The minimum absolute atomic E-state index is 0.381. The van der Waals surface area contributed by atoms with Gasteiger partial charge in [-0.2, -0.15) is 0 Å². The maximum atomic E-state index is 13.2. The number of hydrogen-bond acceptors (Lipinski definition) is 5. The average Bonchev–Trinajstić information content (AvgIpc) is 3.27. The molecule has 3 heterocycles. The molecule has 38 heavy (non-hydrogen) atoms. The zero-order valence-electron chi connectivity index (χ0n) is 23.3. The van der Waals surface area contributed by atoms with Gasteiger partial charge in [0.05, 0.1) is 12.8 Å². The monoisotopic (exact) mass is 518 g/mol. The van der Waals surface area contributed by atoms with Crippen molar-refractivity contribution in [3.8, 4) is 5.75 Å². The van der Waals surface area contributed by atoms with Crippen LogP contribution >= 0.6 is 0 Å². The third kappa shape index (κ3) is 6.89. The first-order chi connectivity index (χ1) is 18.7. The molecule has 3 aliphatic heterocycles. The zero-order chi connectivity index (χ0) is 26.2. The molecule has 3 saturated heterocycles. The molecule has 0 N–H and O–H groups in total. The Kier molecular flexibility index (Phi) is 9.58. The van der Waals surface area contributed by atoms with Crippen molar-refractivity contribution in [2.75, 3.05) is 64.4 Å². The van der Waals surface area contributed by atoms with E-state index in [1.54, 1.807) is 7.11 Å². The van der Waals surface area contributed by atoms with Gasteiger partial charge in [0, 0.05) is 64.8 Å². The van der Waals surface area contributed by atoms with Gasteiger partial charge in [-0.05, 0) is 55.8 Å². The molecule has 0 unspecified atom stereocenters. The Morgan fingerprint density at radius 1 is 0.842 bits per heavy atom. The van der Waals surface area contributed by atoms with Gasteiger partial charge in [0.1, 0.15) is 5.75 Å². The lowest BCUT2D eigenvalue weighted by Gasteiger charge is -2.47. The topological polar surface area (TPSA) is 39.3 Å². The van der Waals surface area contributed by atoms with Crippen LogP contribution in [-0.4, -0.2) is 86.1 Å². The molecule has 2 aromatic rings. The van der Waals surface area contributed by atoms with Crippen LogP contribution in [0.15, 0.2) is 54.6 Å². The molecule has 1 amide bonds. The summed E-state index contributed by atoms with van der Waals surface area (Å²) in [5.41, 5.74) is 2.59. The van der Waals surface area contributed by atoms with Crippen molar-refractivity contribution in [3.05, 3.63) is 60.2 Å². The van der Waals surface area contributed by atoms with Crippen LogP contribution in [0.1, 0.15) is 50.5 Å². The van der Waals surface area contributed by atoms with Gasteiger partial charge < -0.3 is 14.5 Å². The number of carbonyl (C=O) groups is 1. The summed E-state index contributed by atoms with van der Waals surface area (Å²) in [5, 5.41) is 0. The van der Waals surface area contributed by atoms with Crippen LogP contribution in [0.4, 0.5) is 5.69 Å². The number of ether oxygens (including phenoxy) is 1. The third-order valence-corrected chi connectivity index (χ3v) is 8.92. The van der Waals surface area contributed by atoms with Gasteiger partial charge in [-0.15, -0.1) is 0 Å². The maximum Gasteiger partial charge on any atom is 0.222 e. The predicted octanol–water partition coefficient (Wildman–Crippen LogP) is 4.89. The van der Waals surface area contributed by atoms with Gasteiger partial charge in [0.25, 0.3) is 0 Å². The molecule has 2 atom stereocenters. The van der Waals surface area contributed by atoms with E-state index in [1.807, 2.05) is 6.07 Å². The summed E-state index contributed by atoms with van der Waals surface area (Å²) < 4.78 is 5.63. The van der Waals surface area contributed by atoms with E-state index in [1.165, 1.54) is 43.4 Å². The minimum atomic E-state index is 0.381. The number of amides is 1. The molecule has 0 bridgehead atoms. The van der Waals surface area contributed by atoms with Crippen LogP contribution in [0.25, 0.3) is 0 Å². The van der Waals surface area contributed by atoms with E-state index < -0.39 is 0 Å². The smallest absolute Gasteiger partial charge is 0.222 e. The van der Waals surface area contributed by atoms with E-state index in [0.717, 1.165) is 71.1 Å². The molecular formula is C32H46N4O2. The average molecular weight is 519 g/mol. The van der Waals surface area contributed by atoms with Crippen LogP contribution in [0.3, 0.4) is 0 Å². The first kappa shape index (κ1) is 27.0. The second kappa shape index (κ2) is 13.5. The Morgan fingerprint density at radius 2 is 1.55 bits per heavy atom. The first-order valence-corrected chi connectivity index (χ1v) is 14.9. The molecule has 3 aliphatic rings. The Labute approximate surface area is 229 Å². The quantitative estimate of drug-likeness (QED) is 0.498. The lowest BCUT2D eigenvalue weighted by molar-refractivity contribution is -0.131. The highest BCUT2D eigenvalue weighted by Gasteiger charge is 2.35. The molecule has 0 spiro atoms. The molecule has 3 fully saturated rings. The number of benzene rings is 2. The van der Waals surface area contributed by atoms with Gasteiger partial charge in [0.15, 0.2) is 0 Å². The molecule has 2 aromatic carbocycles. The number of piperazine rings is 1. The number of nitrogens with zero attached hydrogens (tertiary/aromatic N) is 4. The number of hydrogen-bond donors (Lipinski definition) is 0. The third-order valence-electron chi connectivity index (χ3n) is 8.92. The maximum absolute atomic E-state index is 13.2. The number of rotatable bonds is 8. The molecule has 0 radical (unpaired) electrons. The van der Waals surface area contributed by atoms with Crippen molar-refractivity contribution in [2.24, 2.45) is 5.92 Å². The van der Waals surface area contributed by atoms with Crippen LogP contribution in [0.5, 0.6) is 5.75 Å². The van der Waals surface area contributed by atoms with Crippen LogP contribution in [-0.2, 0) is 11.3 Å². The number of methoxy groups -OCH3 is 1. The molecule has 6 nitrogen and oxygen atoms in total. The lowest BCUT2D eigenvalue weighted by atomic mass is 9.86. The fraction of sp³-hybridized carbons (Fsp3) is 0.594. The second-order valence-electron chi connectivity index (χ2n) is 11.4. The summed E-state index contributed by atoms with van der Waals surface area (Å²) in [7, 11) is 1.76. The van der Waals surface area contributed by atoms with Gasteiger partial charge >= 0.3 is 0 Å². The van der Waals surface area contributed by atoms with E-state index in [0.29, 0.717) is 24.3 Å². The van der Waals surface area contributed by atoms with Crippen LogP contribution < -0.4 is 9.64 Å². The first-order valence-electron chi connectivity index (χ1n) is 14.9. The standard InChI is InChI=1S/C32H46N4O2/c1-38-31-14-8-7-13-30(31)35-23-21-34(22-24-35)29-17-20-33(25-27-11-5-4-6-12-27)26-28(29)15-16-32(37)36-18-9-2-3-10-19-36/h4-8,11-14,28-29H,2-3,9-10,15-26H2,1H3/t28-,29+/m0/s1. The molecular weight excluding hydrogens is 472 g/mol. The molecule has 6 heteroatoms. The molecule has 206 valence electrons. The number of anilines is 1. The van der Waals surface area contributed by atoms with Crippen molar-refractivity contribution in [1.82, 2.24) is 14.7 Å². The van der Waals surface area contributed by atoms with Crippen molar-refractivity contribution >= 4 is 11.6 Å². The number of para-hydroxylation sites is 2. The summed E-state index contributed by atoms with van der Waals surface area (Å²) in [6.07, 6.45) is 7.75. The summed E-state index contributed by atoms with van der Waals surface area (Å²) in [4.78, 5) is 23.2. The molecule has 0 aromatic heterocycles. The van der Waals surface area contributed by atoms with E-state index in [2.05, 4.69) is 68.1 Å². The number of carbonyl (C=O) groups excluding carboxylic acids is 1. The zero-order valence-corrected chi connectivity index (χ0v) is 23.3. The Hall–Kier alpha value is -2.57. The summed E-state index contributed by atoms with van der Waals surface area (Å²) in [6.45, 7) is 9.30. The number of piperidine rings is 1. The van der Waals surface area contributed by atoms with Crippen molar-refractivity contribution in [2.45, 2.75) is 57.5 Å². The van der Waals surface area contributed by atoms with Gasteiger partial charge in [-0.3, -0.25) is 14.6 Å². The fourth-order valence-electron chi connectivity index (χ4n) is 6.82. The fourth-order valence-corrected chi connectivity index (χ4v) is 6.82. The lowest BCUT2D eigenvalue weighted by Crippen LogP contribution is -2.56. The normalized spacial score (nSPS) is 23.7. The van der Waals surface area contributed by atoms with Crippen LogP contribution in [0, 0.1) is 5.92 Å². The van der Waals surface area contributed by atoms with E-state index >= 15 is 0 Å². The predicted molar refractivity (Wildman–Crippen MR) is 155 cm³/mol. The molecule has 0 aliphatic carbocycles. The van der Waals surface area contributed by atoms with E-state index in [-0.39, 0.29) is 0 Å². The van der Waals surface area contributed by atoms with Gasteiger partial charge in [-0.25, -0.2) is 0 Å². The SMILES string of the molecule is COc1ccccc1N1CCN([C@@H]2CCN(Cc3ccccc3)C[C@@H]2CCC(=O)N2CCCCCC2)CC1. The van der Waals surface area contributed by atoms with Crippen molar-refractivity contribution in [3.63, 3.8) is 0 Å². The van der Waals surface area contributed by atoms with E-state index in [9.17, 15) is 4.79 Å². The van der Waals surface area contributed by atoms with Crippen molar-refractivity contribution in [1.29, 1.82) is 0 Å². The Bertz CT molecular complexity index is 1000. The minimum Gasteiger partial charge on any atom is -0.495 e. The highest BCUT2D eigenvalue weighted by atomic mass is 16.5. The summed E-state index contributed by atoms with van der Waals surface area (Å²) >= 11 is 0. The summed E-state index contributed by atoms with van der Waals surface area (Å²) in [5.74, 6) is 1.87. The van der Waals surface area contributed by atoms with Crippen LogP contribution in [0.2, 0.25) is 0 Å². The highest BCUT2D eigenvalue weighted by molar-refractivity contribution is 5.76. The molecule has 5 rings (SSSR count). The van der Waals surface area contributed by atoms with Gasteiger partial charge in [-0.1, -0.05) is 55.3 Å². The highest BCUT2D eigenvalue weighted by Crippen LogP contribution is 2.32. The van der Waals surface area contributed by atoms with Crippen molar-refractivity contribution < 1.29 is 9.53 Å². The van der Waals surface area contributed by atoms with Gasteiger partial charge in [0.2, 0.25) is 5.91 Å². The largest absolute Gasteiger partial charge is 0.495 e. The second-order valence-corrected chi connectivity index (χ2v) is 11.4. The number of likely N-dealkylation sites (tertiary alicyclic amines) is 2. The summed E-state index contributed by atoms with van der Waals surface area (Å²) in [6, 6.07) is 19.8. The van der Waals surface area contributed by atoms with E-state index in [4.69, 9.17) is 4.74 Å². The molecule has 0 saturated carbocycles.